The zero-order valence-electron chi connectivity index (χ0n) is 11.4. The molecule has 1 aromatic carbocycles. The van der Waals surface area contributed by atoms with Gasteiger partial charge in [-0.3, -0.25) is 0 Å². The molecule has 0 aliphatic heterocycles. The van der Waals surface area contributed by atoms with Crippen LogP contribution in [0.2, 0.25) is 0 Å². The van der Waals surface area contributed by atoms with Crippen LogP contribution in [0.5, 0.6) is 0 Å². The molecule has 0 unspecified atom stereocenters. The highest BCUT2D eigenvalue weighted by atomic mass is 127. The Kier molecular flexibility index (Phi) is 5.62. The van der Waals surface area contributed by atoms with Gasteiger partial charge in [-0.25, -0.2) is 9.97 Å². The van der Waals surface area contributed by atoms with Crippen molar-refractivity contribution in [2.45, 2.75) is 24.2 Å². The highest BCUT2D eigenvalue weighted by Gasteiger charge is 2.10. The van der Waals surface area contributed by atoms with Gasteiger partial charge in [0.25, 0.3) is 0 Å². The van der Waals surface area contributed by atoms with Gasteiger partial charge in [-0.2, -0.15) is 0 Å². The van der Waals surface area contributed by atoms with E-state index in [1.54, 1.807) is 18.9 Å². The van der Waals surface area contributed by atoms with Crippen LogP contribution in [0.4, 0.5) is 5.82 Å². The summed E-state index contributed by atoms with van der Waals surface area (Å²) in [6, 6.07) is 8.37. The summed E-state index contributed by atoms with van der Waals surface area (Å²) in [7, 11) is 1.65. The lowest BCUT2D eigenvalue weighted by atomic mass is 10.2. The van der Waals surface area contributed by atoms with E-state index < -0.39 is 0 Å². The summed E-state index contributed by atoms with van der Waals surface area (Å²) in [5, 5.41) is 0. The number of halogens is 1. The molecule has 4 nitrogen and oxygen atoms in total. The topological polar surface area (TPSA) is 61.0 Å². The van der Waals surface area contributed by atoms with Crippen LogP contribution >= 0.6 is 34.4 Å². The van der Waals surface area contributed by atoms with Crippen LogP contribution < -0.4 is 5.73 Å². The Morgan fingerprint density at radius 2 is 2.15 bits per heavy atom. The number of nitrogens with zero attached hydrogens (tertiary/aromatic N) is 2. The molecule has 2 rings (SSSR count). The number of methoxy groups -OCH3 is 1. The molecular formula is C14H16IN3OS. The maximum atomic E-state index is 5.92. The number of thioether (sulfide) groups is 1. The molecule has 0 bridgehead atoms. The number of aromatic nitrogens is 2. The fourth-order valence-electron chi connectivity index (χ4n) is 1.72. The normalized spacial score (nSPS) is 10.8. The zero-order valence-corrected chi connectivity index (χ0v) is 14.4. The number of nitrogens with two attached hydrogens (primary N) is 1. The molecule has 1 heterocycles. The predicted octanol–water partition coefficient (Wildman–Crippen LogP) is 3.41. The highest BCUT2D eigenvalue weighted by Crippen LogP contribution is 2.24. The number of hydrogen-bond acceptors (Lipinski definition) is 5. The van der Waals surface area contributed by atoms with Crippen LogP contribution in [-0.2, 0) is 17.1 Å². The first-order valence-corrected chi connectivity index (χ1v) is 8.15. The van der Waals surface area contributed by atoms with Crippen LogP contribution in [0.15, 0.2) is 29.2 Å². The van der Waals surface area contributed by atoms with E-state index in [1.165, 1.54) is 10.5 Å². The first-order chi connectivity index (χ1) is 9.60. The fourth-order valence-corrected chi connectivity index (χ4v) is 2.98. The van der Waals surface area contributed by atoms with Gasteiger partial charge >= 0.3 is 0 Å². The van der Waals surface area contributed by atoms with Crippen LogP contribution in [0.1, 0.15) is 17.1 Å². The number of ether oxygens (including phenoxy) is 1. The van der Waals surface area contributed by atoms with E-state index >= 15 is 0 Å². The molecule has 0 saturated carbocycles. The van der Waals surface area contributed by atoms with Crippen molar-refractivity contribution in [2.24, 2.45) is 0 Å². The number of anilines is 1. The molecule has 0 spiro atoms. The van der Waals surface area contributed by atoms with E-state index in [0.717, 1.165) is 15.1 Å². The largest absolute Gasteiger partial charge is 0.383 e. The van der Waals surface area contributed by atoms with Crippen molar-refractivity contribution in [3.8, 4) is 0 Å². The van der Waals surface area contributed by atoms with Crippen molar-refractivity contribution in [3.63, 3.8) is 0 Å². The lowest BCUT2D eigenvalue weighted by Gasteiger charge is -2.08. The molecule has 0 fully saturated rings. The second kappa shape index (κ2) is 7.24. The third-order valence-corrected chi connectivity index (χ3v) is 4.80. The minimum absolute atomic E-state index is 0.451. The Bertz CT molecular complexity index is 607. The SMILES string of the molecule is COCc1nc(CSc2cccc(C)c2)nc(N)c1I. The maximum Gasteiger partial charge on any atom is 0.141 e. The van der Waals surface area contributed by atoms with Gasteiger partial charge in [-0.15, -0.1) is 11.8 Å². The van der Waals surface area contributed by atoms with Crippen molar-refractivity contribution < 1.29 is 4.74 Å². The molecule has 2 aromatic rings. The molecular weight excluding hydrogens is 385 g/mol. The van der Waals surface area contributed by atoms with E-state index in [9.17, 15) is 0 Å². The summed E-state index contributed by atoms with van der Waals surface area (Å²) in [6.07, 6.45) is 0. The van der Waals surface area contributed by atoms with Gasteiger partial charge in [0, 0.05) is 12.0 Å². The fraction of sp³-hybridized carbons (Fsp3) is 0.286. The molecule has 0 saturated heterocycles. The van der Waals surface area contributed by atoms with Crippen molar-refractivity contribution in [2.75, 3.05) is 12.8 Å². The minimum Gasteiger partial charge on any atom is -0.383 e. The van der Waals surface area contributed by atoms with Crippen molar-refractivity contribution in [1.82, 2.24) is 9.97 Å². The Balaban J connectivity index is 2.13. The van der Waals surface area contributed by atoms with E-state index in [-0.39, 0.29) is 0 Å². The average Bonchev–Trinajstić information content (AvgIpc) is 2.42. The summed E-state index contributed by atoms with van der Waals surface area (Å²) < 4.78 is 6.01. The second-order valence-electron chi connectivity index (χ2n) is 4.32. The monoisotopic (exact) mass is 401 g/mol. The van der Waals surface area contributed by atoms with Crippen molar-refractivity contribution in [1.29, 1.82) is 0 Å². The average molecular weight is 401 g/mol. The van der Waals surface area contributed by atoms with E-state index in [0.29, 0.717) is 18.2 Å². The highest BCUT2D eigenvalue weighted by molar-refractivity contribution is 14.1. The molecule has 106 valence electrons. The number of hydrogen-bond donors (Lipinski definition) is 1. The Hall–Kier alpha value is -0.860. The summed E-state index contributed by atoms with van der Waals surface area (Å²) in [4.78, 5) is 10.1. The van der Waals surface area contributed by atoms with Gasteiger partial charge < -0.3 is 10.5 Å². The third-order valence-electron chi connectivity index (χ3n) is 2.63. The number of nitrogen functional groups attached to an aromatic ring is 1. The standard InChI is InChI=1S/C14H16IN3OS/c1-9-4-3-5-10(6-9)20-8-12-17-11(7-19-2)13(15)14(16)18-12/h3-6H,7-8H2,1-2H3,(H2,16,17,18). The smallest absolute Gasteiger partial charge is 0.141 e. The molecule has 20 heavy (non-hydrogen) atoms. The van der Waals surface area contributed by atoms with Gasteiger partial charge in [-0.05, 0) is 41.6 Å². The van der Waals surface area contributed by atoms with Crippen molar-refractivity contribution in [3.05, 3.63) is 44.9 Å². The Morgan fingerprint density at radius 1 is 1.35 bits per heavy atom. The molecule has 0 atom stereocenters. The maximum absolute atomic E-state index is 5.92. The number of benzene rings is 1. The molecule has 0 radical (unpaired) electrons. The summed E-state index contributed by atoms with van der Waals surface area (Å²) in [5.41, 5.74) is 8.02. The number of rotatable bonds is 5. The van der Waals surface area contributed by atoms with E-state index in [1.807, 2.05) is 0 Å². The minimum atomic E-state index is 0.451. The van der Waals surface area contributed by atoms with E-state index in [4.69, 9.17) is 10.5 Å². The summed E-state index contributed by atoms with van der Waals surface area (Å²) in [6.45, 7) is 2.53. The lowest BCUT2D eigenvalue weighted by molar-refractivity contribution is 0.180. The predicted molar refractivity (Wildman–Crippen MR) is 90.6 cm³/mol. The molecule has 6 heteroatoms. The molecule has 2 N–H and O–H groups in total. The van der Waals surface area contributed by atoms with Gasteiger partial charge in [-0.1, -0.05) is 17.7 Å². The van der Waals surface area contributed by atoms with Crippen LogP contribution in [-0.4, -0.2) is 17.1 Å². The summed E-state index contributed by atoms with van der Waals surface area (Å²) in [5.74, 6) is 1.95. The molecule has 0 aliphatic carbocycles. The lowest BCUT2D eigenvalue weighted by Crippen LogP contribution is -2.07. The van der Waals surface area contributed by atoms with Gasteiger partial charge in [0.05, 0.1) is 21.6 Å². The number of aryl methyl sites for hydroxylation is 1. The third kappa shape index (κ3) is 4.07. The van der Waals surface area contributed by atoms with E-state index in [2.05, 4.69) is 63.7 Å². The van der Waals surface area contributed by atoms with Gasteiger partial charge in [0.1, 0.15) is 11.6 Å². The van der Waals surface area contributed by atoms with Gasteiger partial charge in [0.15, 0.2) is 0 Å². The Labute approximate surface area is 136 Å². The van der Waals surface area contributed by atoms with Crippen molar-refractivity contribution >= 4 is 40.2 Å². The van der Waals surface area contributed by atoms with Gasteiger partial charge in [0.2, 0.25) is 0 Å². The second-order valence-corrected chi connectivity index (χ2v) is 6.45. The Morgan fingerprint density at radius 3 is 2.85 bits per heavy atom. The summed E-state index contributed by atoms with van der Waals surface area (Å²) >= 11 is 3.86. The molecule has 0 amide bonds. The molecule has 1 aromatic heterocycles. The van der Waals surface area contributed by atoms with Crippen LogP contribution in [0, 0.1) is 10.5 Å². The van der Waals surface area contributed by atoms with Crippen LogP contribution in [0.25, 0.3) is 0 Å². The zero-order chi connectivity index (χ0) is 14.5. The quantitative estimate of drug-likeness (QED) is 0.615. The van der Waals surface area contributed by atoms with Crippen LogP contribution in [0.3, 0.4) is 0 Å². The first-order valence-electron chi connectivity index (χ1n) is 6.09. The molecule has 0 aliphatic rings. The first kappa shape index (κ1) is 15.5.